The van der Waals surface area contributed by atoms with Crippen LogP contribution in [0.15, 0.2) is 187 Å². The van der Waals surface area contributed by atoms with Crippen molar-refractivity contribution in [2.75, 3.05) is 0 Å². The van der Waals surface area contributed by atoms with Crippen molar-refractivity contribution >= 4 is 65.4 Å². The first-order valence-electron chi connectivity index (χ1n) is 27.6. The van der Waals surface area contributed by atoms with Gasteiger partial charge in [0.25, 0.3) is 0 Å². The van der Waals surface area contributed by atoms with E-state index in [0.29, 0.717) is 10.9 Å². The van der Waals surface area contributed by atoms with Crippen LogP contribution in [0.25, 0.3) is 93.6 Å². The van der Waals surface area contributed by atoms with E-state index < -0.39 is 200 Å². The van der Waals surface area contributed by atoms with Crippen molar-refractivity contribution in [2.45, 2.75) is 0 Å². The summed E-state index contributed by atoms with van der Waals surface area (Å²) in [6.45, 7) is 0. The summed E-state index contributed by atoms with van der Waals surface area (Å²) >= 11 is 0. The Balaban J connectivity index is 1.44. The summed E-state index contributed by atoms with van der Waals surface area (Å²) in [5.41, 5.74) is -3.40. The van der Waals surface area contributed by atoms with Gasteiger partial charge in [-0.3, -0.25) is 0 Å². The highest BCUT2D eigenvalue weighted by molar-refractivity contribution is 6.26. The minimum absolute atomic E-state index is 0.0169. The molecule has 0 saturated heterocycles. The zero-order valence-corrected chi connectivity index (χ0v) is 25.9. The Hall–Kier alpha value is -6.84. The molecule has 51 heavy (non-hydrogen) atoms. The molecule has 3 aromatic heterocycles. The van der Waals surface area contributed by atoms with Crippen molar-refractivity contribution in [1.82, 2.24) is 13.7 Å². The largest absolute Gasteiger partial charge is 0.309 e. The lowest BCUT2D eigenvalue weighted by Gasteiger charge is -2.15. The zero-order chi connectivity index (χ0) is 54.4. The maximum absolute atomic E-state index is 9.89. The standard InChI is InChI=1S/C48H31N3/c1-3-16-32(17-4-1)49-42-27-13-9-22-38(42)46-36(24-15-29-44(46)49)34-20-7-12-26-41(34)51-43-28-14-10-23-39(43)47-45(51)31-30-37-35-21-8-11-25-40(35)50(48(37)47)33-18-5-2-6-19-33/h1-31H/i1D,2D,3D,4D,5D,6D,7D,8D,10D,11D,12D,14D,16D,17D,18D,19D,20D,21D,23D,25D,26D,28D,30D,31D. The lowest BCUT2D eigenvalue weighted by Crippen LogP contribution is -1.98. The van der Waals surface area contributed by atoms with Gasteiger partial charge in [-0.1, -0.05) is 127 Å². The first kappa shape index (κ1) is 13.5. The molecular weight excluding hydrogens is 619 g/mol. The first-order chi connectivity index (χ1) is 35.3. The van der Waals surface area contributed by atoms with Crippen molar-refractivity contribution in [2.24, 2.45) is 0 Å². The summed E-state index contributed by atoms with van der Waals surface area (Å²) < 4.78 is 221. The van der Waals surface area contributed by atoms with Gasteiger partial charge in [0, 0.05) is 49.3 Å². The van der Waals surface area contributed by atoms with Gasteiger partial charge in [-0.25, -0.2) is 0 Å². The van der Waals surface area contributed by atoms with Crippen LogP contribution < -0.4 is 0 Å². The van der Waals surface area contributed by atoms with Gasteiger partial charge in [0.05, 0.1) is 71.7 Å². The van der Waals surface area contributed by atoms with E-state index in [2.05, 4.69) is 0 Å². The Morgan fingerprint density at radius 2 is 0.961 bits per heavy atom. The van der Waals surface area contributed by atoms with Crippen LogP contribution in [0, 0.1) is 0 Å². The van der Waals surface area contributed by atoms with Crippen LogP contribution in [-0.2, 0) is 0 Å². The minimum Gasteiger partial charge on any atom is -0.309 e. The summed E-state index contributed by atoms with van der Waals surface area (Å²) in [5.74, 6) is 0. The number of nitrogens with zero attached hydrogens (tertiary/aromatic N) is 3. The molecular formula is C48H31N3. The topological polar surface area (TPSA) is 14.8 Å². The van der Waals surface area contributed by atoms with Gasteiger partial charge in [0.15, 0.2) is 0 Å². The minimum atomic E-state index is -0.886. The van der Waals surface area contributed by atoms with Crippen LogP contribution in [0.1, 0.15) is 32.9 Å². The van der Waals surface area contributed by atoms with Crippen molar-refractivity contribution in [3.8, 4) is 28.2 Å². The van der Waals surface area contributed by atoms with E-state index in [1.807, 2.05) is 0 Å². The normalized spacial score (nSPS) is 18.5. The molecule has 0 fully saturated rings. The average Bonchev–Trinajstić information content (AvgIpc) is 4.05. The van der Waals surface area contributed by atoms with Crippen LogP contribution >= 0.6 is 0 Å². The quantitative estimate of drug-likeness (QED) is 0.177. The van der Waals surface area contributed by atoms with Crippen molar-refractivity contribution in [3.05, 3.63) is 187 Å². The number of para-hydroxylation sites is 6. The summed E-state index contributed by atoms with van der Waals surface area (Å²) in [5, 5.41) is -1.23. The number of hydrogen-bond acceptors (Lipinski definition) is 0. The maximum atomic E-state index is 9.89. The highest BCUT2D eigenvalue weighted by Gasteiger charge is 2.23. The third-order valence-electron chi connectivity index (χ3n) is 9.03. The summed E-state index contributed by atoms with van der Waals surface area (Å²) in [6, 6.07) is -7.75. The number of rotatable bonds is 4. The van der Waals surface area contributed by atoms with Crippen molar-refractivity contribution in [3.63, 3.8) is 0 Å². The average molecular weight is 674 g/mol. The van der Waals surface area contributed by atoms with Crippen molar-refractivity contribution in [1.29, 1.82) is 0 Å². The monoisotopic (exact) mass is 673 g/mol. The Morgan fingerprint density at radius 3 is 1.76 bits per heavy atom. The van der Waals surface area contributed by atoms with E-state index in [1.165, 1.54) is 16.7 Å². The fourth-order valence-corrected chi connectivity index (χ4v) is 7.12. The van der Waals surface area contributed by atoms with E-state index >= 15 is 0 Å². The molecule has 8 aromatic carbocycles. The molecule has 0 aliphatic carbocycles. The number of fused-ring (bicyclic) bond motifs is 10. The second kappa shape index (κ2) is 10.8. The molecule has 0 atom stereocenters. The summed E-state index contributed by atoms with van der Waals surface area (Å²) in [6.07, 6.45) is 0. The van der Waals surface area contributed by atoms with Crippen LogP contribution in [0.4, 0.5) is 0 Å². The molecule has 0 amide bonds. The van der Waals surface area contributed by atoms with Gasteiger partial charge in [-0.15, -0.1) is 0 Å². The lowest BCUT2D eigenvalue weighted by molar-refractivity contribution is 1.17. The van der Waals surface area contributed by atoms with Crippen LogP contribution in [0.3, 0.4) is 0 Å². The zero-order valence-electron chi connectivity index (χ0n) is 49.9. The molecule has 0 bridgehead atoms. The fraction of sp³-hybridized carbons (Fsp3) is 0. The van der Waals surface area contributed by atoms with E-state index in [9.17, 15) is 11.0 Å². The highest BCUT2D eigenvalue weighted by atomic mass is 15.0. The van der Waals surface area contributed by atoms with E-state index in [1.54, 1.807) is 30.3 Å². The molecule has 11 rings (SSSR count). The van der Waals surface area contributed by atoms with Crippen LogP contribution in [0.5, 0.6) is 0 Å². The molecule has 11 aromatic rings. The Kier molecular flexibility index (Phi) is 2.86. The third-order valence-corrected chi connectivity index (χ3v) is 9.03. The molecule has 0 aliphatic rings. The lowest BCUT2D eigenvalue weighted by atomic mass is 9.97. The molecule has 0 saturated carbocycles. The second-order valence-electron chi connectivity index (χ2n) is 11.5. The summed E-state index contributed by atoms with van der Waals surface area (Å²) in [4.78, 5) is 0. The molecule has 3 nitrogen and oxygen atoms in total. The van der Waals surface area contributed by atoms with Crippen LogP contribution in [-0.4, -0.2) is 13.7 Å². The summed E-state index contributed by atoms with van der Waals surface area (Å²) in [7, 11) is 0. The van der Waals surface area contributed by atoms with Gasteiger partial charge in [0.1, 0.15) is 0 Å². The smallest absolute Gasteiger partial charge is 0.0645 e. The van der Waals surface area contributed by atoms with E-state index in [4.69, 9.17) is 21.9 Å². The van der Waals surface area contributed by atoms with Gasteiger partial charge in [0.2, 0.25) is 0 Å². The molecule has 0 aliphatic heterocycles. The Morgan fingerprint density at radius 1 is 0.333 bits per heavy atom. The molecule has 0 spiro atoms. The fourth-order valence-electron chi connectivity index (χ4n) is 7.12. The van der Waals surface area contributed by atoms with Gasteiger partial charge < -0.3 is 13.7 Å². The predicted octanol–water partition coefficient (Wildman–Crippen LogP) is 12.6. The maximum Gasteiger partial charge on any atom is 0.0645 e. The van der Waals surface area contributed by atoms with E-state index in [-0.39, 0.29) is 27.7 Å². The Labute approximate surface area is 328 Å². The molecule has 0 N–H and O–H groups in total. The van der Waals surface area contributed by atoms with Gasteiger partial charge in [-0.2, -0.15) is 0 Å². The molecule has 0 radical (unpaired) electrons. The third kappa shape index (κ3) is 3.94. The van der Waals surface area contributed by atoms with Crippen molar-refractivity contribution < 1.29 is 32.9 Å². The number of hydrogen-bond donors (Lipinski definition) is 0. The van der Waals surface area contributed by atoms with Gasteiger partial charge >= 0.3 is 0 Å². The first-order valence-corrected chi connectivity index (χ1v) is 15.6. The van der Waals surface area contributed by atoms with Crippen LogP contribution in [0.2, 0.25) is 0 Å². The Bertz CT molecular complexity index is 4470. The molecule has 3 heteroatoms. The highest BCUT2D eigenvalue weighted by Crippen LogP contribution is 2.45. The molecule has 238 valence electrons. The second-order valence-corrected chi connectivity index (χ2v) is 11.5. The molecule has 0 unspecified atom stereocenters. The van der Waals surface area contributed by atoms with E-state index in [0.717, 1.165) is 9.13 Å². The number of aromatic nitrogens is 3. The SMILES string of the molecule is [2H]c1c([2H])c([2H])c(-n2c3ccccc3c3c(-c4c([2H])c([2H])c([2H])c([2H])c4-n4c5c([2H])c([2H])c([2H])c([2H])c5c5c4c([2H])c([2H])c4c6c([2H])c([2H])c([2H])c([2H])c6n(-c6c([2H])c([2H])c([2H])c([2H])c6[2H])c45)cccc32)c([2H])c1[2H]. The number of benzene rings is 8. The predicted molar refractivity (Wildman–Crippen MR) is 215 cm³/mol. The molecule has 3 heterocycles. The van der Waals surface area contributed by atoms with Gasteiger partial charge in [-0.05, 0) is 66.0 Å².